The Morgan fingerprint density at radius 2 is 2.05 bits per heavy atom. The smallest absolute Gasteiger partial charge is 0.387 e. The lowest BCUT2D eigenvalue weighted by molar-refractivity contribution is -0.0515. The number of nitrogens with zero attached hydrogens (tertiary/aromatic N) is 1. The van der Waals surface area contributed by atoms with Crippen LogP contribution in [0.2, 0.25) is 0 Å². The van der Waals surface area contributed by atoms with Gasteiger partial charge in [-0.3, -0.25) is 0 Å². The van der Waals surface area contributed by atoms with Gasteiger partial charge in [0, 0.05) is 5.56 Å². The number of benzene rings is 1. The van der Waals surface area contributed by atoms with Crippen molar-refractivity contribution in [3.8, 4) is 23.0 Å². The lowest BCUT2D eigenvalue weighted by Crippen LogP contribution is -2.08. The molecule has 22 heavy (non-hydrogen) atoms. The average Bonchev–Trinajstić information content (AvgIpc) is 2.94. The zero-order valence-electron chi connectivity index (χ0n) is 12.2. The molecule has 1 heterocycles. The summed E-state index contributed by atoms with van der Waals surface area (Å²) < 4.78 is 40.2. The molecule has 2 aromatic rings. The maximum absolute atomic E-state index is 12.4. The van der Waals surface area contributed by atoms with Gasteiger partial charge in [0.25, 0.3) is 0 Å². The molecule has 4 nitrogen and oxygen atoms in total. The summed E-state index contributed by atoms with van der Waals surface area (Å²) in [5.41, 5.74) is 1.19. The maximum Gasteiger partial charge on any atom is 0.387 e. The first kappa shape index (κ1) is 16.5. The minimum Gasteiger partial charge on any atom is -0.489 e. The average molecular weight is 332 g/mol. The topological polar surface area (TPSA) is 44.5 Å². The predicted molar refractivity (Wildman–Crippen MR) is 78.5 cm³/mol. The molecule has 0 aliphatic rings. The second-order valence-corrected chi connectivity index (χ2v) is 5.29. The van der Waals surface area contributed by atoms with Crippen LogP contribution >= 0.6 is 11.6 Å². The van der Waals surface area contributed by atoms with E-state index in [9.17, 15) is 8.78 Å². The molecule has 0 atom stereocenters. The van der Waals surface area contributed by atoms with Crippen molar-refractivity contribution in [3.05, 3.63) is 30.2 Å². The molecule has 0 fully saturated rings. The standard InChI is InChI=1S/C15H16ClF2NO3/c1-9(2)7-20-13-5-10(3-4-12(13)22-15(17)18)14-19-11(6-16)8-21-14/h3-5,8-9,15H,6-7H2,1-2H3. The summed E-state index contributed by atoms with van der Waals surface area (Å²) in [6.07, 6.45) is 1.44. The summed E-state index contributed by atoms with van der Waals surface area (Å²) in [5, 5.41) is 0. The molecule has 1 aromatic carbocycles. The molecule has 120 valence electrons. The fourth-order valence-corrected chi connectivity index (χ4v) is 1.83. The molecular weight excluding hydrogens is 316 g/mol. The van der Waals surface area contributed by atoms with Gasteiger partial charge in [-0.2, -0.15) is 8.78 Å². The monoisotopic (exact) mass is 331 g/mol. The Morgan fingerprint density at radius 3 is 2.64 bits per heavy atom. The summed E-state index contributed by atoms with van der Waals surface area (Å²) >= 11 is 5.68. The second kappa shape index (κ2) is 7.45. The van der Waals surface area contributed by atoms with E-state index in [1.54, 1.807) is 12.1 Å². The Bertz CT molecular complexity index is 617. The molecule has 7 heteroatoms. The van der Waals surface area contributed by atoms with Crippen LogP contribution in [0.25, 0.3) is 11.5 Å². The van der Waals surface area contributed by atoms with Gasteiger partial charge in [-0.1, -0.05) is 13.8 Å². The third-order valence-corrected chi connectivity index (χ3v) is 2.94. The SMILES string of the molecule is CC(C)COc1cc(-c2nc(CCl)co2)ccc1OC(F)F. The van der Waals surface area contributed by atoms with Crippen LogP contribution < -0.4 is 9.47 Å². The molecule has 0 spiro atoms. The molecule has 0 amide bonds. The van der Waals surface area contributed by atoms with E-state index in [1.165, 1.54) is 12.3 Å². The number of hydrogen-bond acceptors (Lipinski definition) is 4. The lowest BCUT2D eigenvalue weighted by atomic mass is 10.2. The number of alkyl halides is 3. The van der Waals surface area contributed by atoms with Gasteiger partial charge in [0.2, 0.25) is 5.89 Å². The fraction of sp³-hybridized carbons (Fsp3) is 0.400. The van der Waals surface area contributed by atoms with E-state index in [1.807, 2.05) is 13.8 Å². The molecule has 0 N–H and O–H groups in total. The van der Waals surface area contributed by atoms with E-state index in [2.05, 4.69) is 9.72 Å². The predicted octanol–water partition coefficient (Wildman–Crippen LogP) is 4.72. The van der Waals surface area contributed by atoms with Gasteiger partial charge in [0.05, 0.1) is 18.2 Å². The van der Waals surface area contributed by atoms with E-state index < -0.39 is 6.61 Å². The third-order valence-electron chi connectivity index (χ3n) is 2.67. The van der Waals surface area contributed by atoms with Crippen LogP contribution in [0.3, 0.4) is 0 Å². The van der Waals surface area contributed by atoms with E-state index >= 15 is 0 Å². The zero-order valence-corrected chi connectivity index (χ0v) is 12.9. The van der Waals surface area contributed by atoms with Gasteiger partial charge in [-0.15, -0.1) is 11.6 Å². The number of ether oxygens (including phenoxy) is 2. The molecule has 0 unspecified atom stereocenters. The summed E-state index contributed by atoms with van der Waals surface area (Å²) in [6, 6.07) is 4.54. The second-order valence-electron chi connectivity index (χ2n) is 5.02. The Hall–Kier alpha value is -1.82. The molecule has 0 aliphatic carbocycles. The van der Waals surface area contributed by atoms with Crippen LogP contribution in [0.4, 0.5) is 8.78 Å². The first-order chi connectivity index (χ1) is 10.5. The Labute approximate surface area is 132 Å². The molecule has 0 radical (unpaired) electrons. The largest absolute Gasteiger partial charge is 0.489 e. The zero-order chi connectivity index (χ0) is 16.1. The minimum atomic E-state index is -2.92. The number of aromatic nitrogens is 1. The molecule has 0 saturated heterocycles. The van der Waals surface area contributed by atoms with Crippen LogP contribution in [-0.4, -0.2) is 18.2 Å². The van der Waals surface area contributed by atoms with Gasteiger partial charge >= 0.3 is 6.61 Å². The summed E-state index contributed by atoms with van der Waals surface area (Å²) in [5.74, 6) is 1.01. The van der Waals surface area contributed by atoms with Gasteiger partial charge in [-0.25, -0.2) is 4.98 Å². The van der Waals surface area contributed by atoms with Crippen molar-refractivity contribution in [2.24, 2.45) is 5.92 Å². The highest BCUT2D eigenvalue weighted by Gasteiger charge is 2.15. The normalized spacial score (nSPS) is 11.2. The van der Waals surface area contributed by atoms with Crippen molar-refractivity contribution in [1.29, 1.82) is 0 Å². The van der Waals surface area contributed by atoms with Crippen LogP contribution in [0.1, 0.15) is 19.5 Å². The van der Waals surface area contributed by atoms with E-state index in [0.29, 0.717) is 23.8 Å². The lowest BCUT2D eigenvalue weighted by Gasteiger charge is -2.14. The van der Waals surface area contributed by atoms with Crippen molar-refractivity contribution < 1.29 is 22.7 Å². The van der Waals surface area contributed by atoms with Crippen molar-refractivity contribution in [3.63, 3.8) is 0 Å². The summed E-state index contributed by atoms with van der Waals surface area (Å²) in [4.78, 5) is 4.18. The maximum atomic E-state index is 12.4. The highest BCUT2D eigenvalue weighted by molar-refractivity contribution is 6.16. The van der Waals surface area contributed by atoms with Crippen molar-refractivity contribution in [2.45, 2.75) is 26.3 Å². The number of hydrogen-bond donors (Lipinski definition) is 0. The Balaban J connectivity index is 2.30. The number of rotatable bonds is 7. The first-order valence-electron chi connectivity index (χ1n) is 6.72. The van der Waals surface area contributed by atoms with Gasteiger partial charge in [0.15, 0.2) is 11.5 Å². The number of oxazole rings is 1. The molecule has 2 rings (SSSR count). The van der Waals surface area contributed by atoms with Crippen molar-refractivity contribution in [1.82, 2.24) is 4.98 Å². The van der Waals surface area contributed by atoms with Crippen LogP contribution in [0.15, 0.2) is 28.9 Å². The minimum absolute atomic E-state index is 0.0245. The fourth-order valence-electron chi connectivity index (χ4n) is 1.70. The van der Waals surface area contributed by atoms with E-state index in [0.717, 1.165) is 0 Å². The number of halogens is 3. The van der Waals surface area contributed by atoms with Crippen molar-refractivity contribution in [2.75, 3.05) is 6.61 Å². The third kappa shape index (κ3) is 4.34. The van der Waals surface area contributed by atoms with Crippen LogP contribution in [0, 0.1) is 5.92 Å². The van der Waals surface area contributed by atoms with Gasteiger partial charge < -0.3 is 13.9 Å². The van der Waals surface area contributed by atoms with E-state index in [-0.39, 0.29) is 23.3 Å². The molecular formula is C15H16ClF2NO3. The Kier molecular flexibility index (Phi) is 5.60. The molecule has 1 aromatic heterocycles. The quantitative estimate of drug-likeness (QED) is 0.689. The van der Waals surface area contributed by atoms with Crippen LogP contribution in [-0.2, 0) is 5.88 Å². The highest BCUT2D eigenvalue weighted by atomic mass is 35.5. The van der Waals surface area contributed by atoms with Crippen LogP contribution in [0.5, 0.6) is 11.5 Å². The first-order valence-corrected chi connectivity index (χ1v) is 7.25. The van der Waals surface area contributed by atoms with Crippen molar-refractivity contribution >= 4 is 11.6 Å². The van der Waals surface area contributed by atoms with E-state index in [4.69, 9.17) is 20.8 Å². The molecule has 0 saturated carbocycles. The Morgan fingerprint density at radius 1 is 1.27 bits per heavy atom. The van der Waals surface area contributed by atoms with Gasteiger partial charge in [0.1, 0.15) is 6.26 Å². The summed E-state index contributed by atoms with van der Waals surface area (Å²) in [6.45, 7) is 1.37. The highest BCUT2D eigenvalue weighted by Crippen LogP contribution is 2.34. The molecule has 0 bridgehead atoms. The van der Waals surface area contributed by atoms with Gasteiger partial charge in [-0.05, 0) is 24.1 Å². The molecule has 0 aliphatic heterocycles. The summed E-state index contributed by atoms with van der Waals surface area (Å²) in [7, 11) is 0.